The predicted molar refractivity (Wildman–Crippen MR) is 137 cm³/mol. The van der Waals surface area contributed by atoms with E-state index in [0.29, 0.717) is 24.7 Å². The van der Waals surface area contributed by atoms with Gasteiger partial charge in [0.1, 0.15) is 18.8 Å². The SMILES string of the molecule is CCC1(OCCOC(=O)COC23CC4CC(O)(C2)CC(OC(=O)C(F)(F)S(=O)(=O)O)(C4)C3)C2CC3CC(C2)CC1C3. The number of hydrogen-bond acceptors (Lipinski definition) is 9. The third kappa shape index (κ3) is 5.11. The second-order valence-electron chi connectivity index (χ2n) is 14.0. The summed E-state index contributed by atoms with van der Waals surface area (Å²) in [5, 5.41) is 6.00. The van der Waals surface area contributed by atoms with Crippen molar-refractivity contribution in [1.29, 1.82) is 0 Å². The molecule has 8 saturated carbocycles. The molecule has 8 fully saturated rings. The molecule has 0 heterocycles. The van der Waals surface area contributed by atoms with Gasteiger partial charge in [-0.3, -0.25) is 4.55 Å². The first-order chi connectivity index (χ1) is 19.1. The van der Waals surface area contributed by atoms with E-state index in [1.165, 1.54) is 32.1 Å². The van der Waals surface area contributed by atoms with Gasteiger partial charge in [0, 0.05) is 19.3 Å². The van der Waals surface area contributed by atoms with Crippen molar-refractivity contribution in [2.24, 2.45) is 29.6 Å². The number of carbonyl (C=O) groups excluding carboxylic acids is 2. The first-order valence-corrected chi connectivity index (χ1v) is 16.3. The Morgan fingerprint density at radius 3 is 2.07 bits per heavy atom. The number of esters is 2. The largest absolute Gasteiger partial charge is 0.465 e. The molecule has 8 bridgehead atoms. The minimum Gasteiger partial charge on any atom is -0.462 e. The van der Waals surface area contributed by atoms with E-state index >= 15 is 0 Å². The van der Waals surface area contributed by atoms with Crippen LogP contribution < -0.4 is 0 Å². The zero-order chi connectivity index (χ0) is 29.5. The molecule has 41 heavy (non-hydrogen) atoms. The van der Waals surface area contributed by atoms with E-state index in [-0.39, 0.29) is 50.4 Å². The van der Waals surface area contributed by atoms with Gasteiger partial charge in [-0.1, -0.05) is 6.92 Å². The van der Waals surface area contributed by atoms with Crippen molar-refractivity contribution in [3.8, 4) is 0 Å². The third-order valence-corrected chi connectivity index (χ3v) is 11.9. The van der Waals surface area contributed by atoms with Gasteiger partial charge in [0.25, 0.3) is 0 Å². The molecule has 0 aromatic carbocycles. The number of halogens is 2. The van der Waals surface area contributed by atoms with Gasteiger partial charge in [0.05, 0.1) is 23.4 Å². The average Bonchev–Trinajstić information content (AvgIpc) is 2.84. The molecular weight excluding hydrogens is 566 g/mol. The Balaban J connectivity index is 1.03. The second-order valence-corrected chi connectivity index (χ2v) is 15.4. The summed E-state index contributed by atoms with van der Waals surface area (Å²) in [6.07, 6.45) is 7.91. The van der Waals surface area contributed by atoms with Crippen molar-refractivity contribution >= 4 is 22.1 Å². The zero-order valence-corrected chi connectivity index (χ0v) is 24.1. The van der Waals surface area contributed by atoms with E-state index in [1.807, 2.05) is 0 Å². The van der Waals surface area contributed by atoms with Crippen molar-refractivity contribution in [1.82, 2.24) is 0 Å². The topological polar surface area (TPSA) is 146 Å². The van der Waals surface area contributed by atoms with Gasteiger partial charge in [0.15, 0.2) is 0 Å². The van der Waals surface area contributed by atoms with Gasteiger partial charge in [0.2, 0.25) is 0 Å². The molecule has 0 amide bonds. The first kappa shape index (κ1) is 29.7. The first-order valence-electron chi connectivity index (χ1n) is 14.8. The fourth-order valence-corrected chi connectivity index (χ4v) is 10.6. The summed E-state index contributed by atoms with van der Waals surface area (Å²) < 4.78 is 81.8. The fraction of sp³-hybridized carbons (Fsp3) is 0.929. The highest BCUT2D eigenvalue weighted by molar-refractivity contribution is 7.87. The number of carbonyl (C=O) groups is 2. The smallest absolute Gasteiger partial charge is 0.462 e. The van der Waals surface area contributed by atoms with Crippen molar-refractivity contribution < 1.29 is 55.4 Å². The lowest BCUT2D eigenvalue weighted by Gasteiger charge is -2.63. The Bertz CT molecular complexity index is 1160. The van der Waals surface area contributed by atoms with Crippen LogP contribution in [0.25, 0.3) is 0 Å². The Morgan fingerprint density at radius 2 is 1.49 bits per heavy atom. The van der Waals surface area contributed by atoms with E-state index in [4.69, 9.17) is 23.5 Å². The summed E-state index contributed by atoms with van der Waals surface area (Å²) >= 11 is 0. The molecule has 0 radical (unpaired) electrons. The van der Waals surface area contributed by atoms with Crippen LogP contribution in [0.5, 0.6) is 0 Å². The molecule has 10 nitrogen and oxygen atoms in total. The second kappa shape index (κ2) is 9.80. The van der Waals surface area contributed by atoms with E-state index in [2.05, 4.69) is 6.92 Å². The van der Waals surface area contributed by atoms with Crippen LogP contribution in [0, 0.1) is 29.6 Å². The lowest BCUT2D eigenvalue weighted by molar-refractivity contribution is -0.277. The van der Waals surface area contributed by atoms with Gasteiger partial charge in [-0.15, -0.1) is 0 Å². The molecule has 0 aromatic heterocycles. The van der Waals surface area contributed by atoms with Crippen LogP contribution in [0.1, 0.15) is 84.0 Å². The minimum absolute atomic E-state index is 0.0715. The lowest BCUT2D eigenvalue weighted by Crippen LogP contribution is -2.68. The van der Waals surface area contributed by atoms with Gasteiger partial charge in [-0.05, 0) is 87.4 Å². The van der Waals surface area contributed by atoms with Crippen molar-refractivity contribution in [3.63, 3.8) is 0 Å². The van der Waals surface area contributed by atoms with E-state index in [9.17, 15) is 31.9 Å². The Hall–Kier alpha value is -1.41. The standard InChI is InChI=1S/C28H40F2O10S/c1-2-27(20-6-17-5-18(8-20)9-21(27)7-17)38-4-3-37-22(31)13-39-25-11-19-10-24(33,14-25)15-26(12-19,16-25)40-23(32)28(29,30)41(34,35)36/h17-21,33H,2-16H2,1H3,(H,34,35,36). The van der Waals surface area contributed by atoms with E-state index < -0.39 is 50.7 Å². The lowest BCUT2D eigenvalue weighted by atomic mass is 9.49. The highest BCUT2D eigenvalue weighted by atomic mass is 32.2. The molecule has 232 valence electrons. The summed E-state index contributed by atoms with van der Waals surface area (Å²) in [4.78, 5) is 24.8. The highest BCUT2D eigenvalue weighted by Gasteiger charge is 2.67. The molecule has 0 aromatic rings. The number of aliphatic hydroxyl groups is 1. The van der Waals surface area contributed by atoms with Gasteiger partial charge in [-0.25, -0.2) is 9.59 Å². The Kier molecular flexibility index (Phi) is 7.09. The average molecular weight is 607 g/mol. The van der Waals surface area contributed by atoms with Crippen molar-refractivity contribution in [3.05, 3.63) is 0 Å². The minimum atomic E-state index is -6.04. The van der Waals surface area contributed by atoms with Crippen LogP contribution in [0.4, 0.5) is 8.78 Å². The van der Waals surface area contributed by atoms with E-state index in [1.54, 1.807) is 0 Å². The quantitative estimate of drug-likeness (QED) is 0.204. The Labute approximate surface area is 238 Å². The maximum atomic E-state index is 14.0. The summed E-state index contributed by atoms with van der Waals surface area (Å²) in [6.45, 7) is 2.09. The molecule has 4 unspecified atom stereocenters. The molecule has 8 aliphatic rings. The summed E-state index contributed by atoms with van der Waals surface area (Å²) in [6, 6.07) is 0. The summed E-state index contributed by atoms with van der Waals surface area (Å²) in [7, 11) is -6.04. The summed E-state index contributed by atoms with van der Waals surface area (Å²) in [5.41, 5.74) is -4.28. The molecule has 0 spiro atoms. The van der Waals surface area contributed by atoms with Gasteiger partial charge >= 0.3 is 27.3 Å². The monoisotopic (exact) mass is 606 g/mol. The molecule has 8 rings (SSSR count). The molecule has 2 N–H and O–H groups in total. The Morgan fingerprint density at radius 1 is 0.878 bits per heavy atom. The molecular formula is C28H40F2O10S. The van der Waals surface area contributed by atoms with E-state index in [0.717, 1.165) is 18.3 Å². The van der Waals surface area contributed by atoms with Gasteiger partial charge in [-0.2, -0.15) is 17.2 Å². The van der Waals surface area contributed by atoms with Crippen molar-refractivity contribution in [2.45, 2.75) is 112 Å². The molecule has 4 atom stereocenters. The van der Waals surface area contributed by atoms with Crippen LogP contribution in [0.2, 0.25) is 0 Å². The maximum Gasteiger partial charge on any atom is 0.465 e. The predicted octanol–water partition coefficient (Wildman–Crippen LogP) is 3.40. The van der Waals surface area contributed by atoms with Crippen LogP contribution in [-0.4, -0.2) is 77.5 Å². The fourth-order valence-electron chi connectivity index (χ4n) is 10.4. The van der Waals surface area contributed by atoms with Crippen LogP contribution in [-0.2, 0) is 38.7 Å². The highest BCUT2D eigenvalue weighted by Crippen LogP contribution is 2.62. The zero-order valence-electron chi connectivity index (χ0n) is 23.3. The third-order valence-electron chi connectivity index (χ3n) is 11.1. The van der Waals surface area contributed by atoms with Crippen LogP contribution in [0.15, 0.2) is 0 Å². The molecule has 0 saturated heterocycles. The number of rotatable bonds is 11. The van der Waals surface area contributed by atoms with Crippen LogP contribution >= 0.6 is 0 Å². The number of hydrogen-bond donors (Lipinski definition) is 2. The number of ether oxygens (including phenoxy) is 4. The molecule has 8 aliphatic carbocycles. The maximum absolute atomic E-state index is 14.0. The van der Waals surface area contributed by atoms with Gasteiger partial charge < -0.3 is 24.1 Å². The van der Waals surface area contributed by atoms with Crippen molar-refractivity contribution in [2.75, 3.05) is 19.8 Å². The normalized spacial score (nSPS) is 44.3. The number of alkyl halides is 2. The summed E-state index contributed by atoms with van der Waals surface area (Å²) in [5.74, 6) is -0.522. The molecule has 0 aliphatic heterocycles. The molecule has 13 heteroatoms. The van der Waals surface area contributed by atoms with Crippen LogP contribution in [0.3, 0.4) is 0 Å².